The van der Waals surface area contributed by atoms with Crippen molar-refractivity contribution >= 4 is 21.6 Å². The maximum Gasteiger partial charge on any atom is 0.246 e. The summed E-state index contributed by atoms with van der Waals surface area (Å²) in [6.45, 7) is 0.525. The second-order valence-electron chi connectivity index (χ2n) is 5.65. The average Bonchev–Trinajstić information content (AvgIpc) is 3.28. The molecular formula is C14H17ClFNO2S. The highest BCUT2D eigenvalue weighted by Gasteiger charge is 2.42. The Bertz CT molecular complexity index is 612. The van der Waals surface area contributed by atoms with Gasteiger partial charge in [-0.3, -0.25) is 0 Å². The molecule has 1 aromatic rings. The first kappa shape index (κ1) is 14.3. The van der Waals surface area contributed by atoms with Crippen molar-refractivity contribution in [2.45, 2.75) is 42.5 Å². The molecular weight excluding hydrogens is 301 g/mol. The molecule has 0 aromatic heterocycles. The van der Waals surface area contributed by atoms with Crippen LogP contribution in [0.2, 0.25) is 0 Å². The van der Waals surface area contributed by atoms with Crippen molar-refractivity contribution in [1.29, 1.82) is 0 Å². The normalized spacial score (nSPS) is 19.6. The van der Waals surface area contributed by atoms with Gasteiger partial charge in [0, 0.05) is 18.5 Å². The number of sulfonamides is 1. The van der Waals surface area contributed by atoms with Crippen LogP contribution in [0.1, 0.15) is 31.2 Å². The van der Waals surface area contributed by atoms with Crippen LogP contribution < -0.4 is 0 Å². The minimum atomic E-state index is -3.76. The molecule has 3 rings (SSSR count). The summed E-state index contributed by atoms with van der Waals surface area (Å²) in [5.41, 5.74) is 0.619. The monoisotopic (exact) mass is 317 g/mol. The topological polar surface area (TPSA) is 37.4 Å². The van der Waals surface area contributed by atoms with E-state index in [9.17, 15) is 12.8 Å². The van der Waals surface area contributed by atoms with Crippen LogP contribution in [0.3, 0.4) is 0 Å². The van der Waals surface area contributed by atoms with E-state index in [1.54, 1.807) is 0 Å². The Morgan fingerprint density at radius 1 is 1.25 bits per heavy atom. The molecule has 0 spiro atoms. The number of nitrogens with zero attached hydrogens (tertiary/aromatic N) is 1. The summed E-state index contributed by atoms with van der Waals surface area (Å²) >= 11 is 5.72. The quantitative estimate of drug-likeness (QED) is 0.756. The van der Waals surface area contributed by atoms with Crippen LogP contribution in [-0.4, -0.2) is 25.3 Å². The Morgan fingerprint density at radius 3 is 2.50 bits per heavy atom. The molecule has 0 radical (unpaired) electrons. The third-order valence-electron chi connectivity index (χ3n) is 3.83. The third kappa shape index (κ3) is 2.85. The van der Waals surface area contributed by atoms with Gasteiger partial charge < -0.3 is 0 Å². The fraction of sp³-hybridized carbons (Fsp3) is 0.571. The molecule has 0 N–H and O–H groups in total. The van der Waals surface area contributed by atoms with Crippen LogP contribution in [-0.2, 0) is 15.9 Å². The van der Waals surface area contributed by atoms with E-state index in [0.717, 1.165) is 25.7 Å². The van der Waals surface area contributed by atoms with Crippen molar-refractivity contribution < 1.29 is 12.8 Å². The highest BCUT2D eigenvalue weighted by atomic mass is 35.5. The minimum absolute atomic E-state index is 0.0552. The van der Waals surface area contributed by atoms with Gasteiger partial charge in [0.25, 0.3) is 0 Å². The molecule has 0 amide bonds. The molecule has 0 atom stereocenters. The molecule has 2 fully saturated rings. The summed E-state index contributed by atoms with van der Waals surface area (Å²) in [4.78, 5) is -0.233. The number of alkyl halides is 1. The van der Waals surface area contributed by atoms with Gasteiger partial charge in [-0.15, -0.1) is 11.6 Å². The van der Waals surface area contributed by atoms with E-state index in [2.05, 4.69) is 0 Å². The second kappa shape index (κ2) is 5.28. The largest absolute Gasteiger partial charge is 0.246 e. The number of benzene rings is 1. The predicted molar refractivity (Wildman–Crippen MR) is 75.6 cm³/mol. The Kier molecular flexibility index (Phi) is 3.77. The van der Waals surface area contributed by atoms with Crippen molar-refractivity contribution in [3.8, 4) is 0 Å². The molecule has 0 bridgehead atoms. The predicted octanol–water partition coefficient (Wildman–Crippen LogP) is 3.13. The van der Waals surface area contributed by atoms with Gasteiger partial charge in [-0.05, 0) is 49.3 Å². The fourth-order valence-electron chi connectivity index (χ4n) is 2.32. The third-order valence-corrected chi connectivity index (χ3v) is 6.07. The van der Waals surface area contributed by atoms with Gasteiger partial charge in [-0.25, -0.2) is 12.8 Å². The van der Waals surface area contributed by atoms with E-state index in [1.165, 1.54) is 22.5 Å². The first-order valence-electron chi connectivity index (χ1n) is 6.88. The molecule has 2 aliphatic carbocycles. The summed E-state index contributed by atoms with van der Waals surface area (Å²) in [5.74, 6) is -0.0700. The Hall–Kier alpha value is -0.650. The first-order valence-corrected chi connectivity index (χ1v) is 8.86. The van der Waals surface area contributed by atoms with E-state index in [1.807, 2.05) is 0 Å². The molecule has 3 nitrogen and oxygen atoms in total. The van der Waals surface area contributed by atoms with E-state index in [-0.39, 0.29) is 16.8 Å². The Morgan fingerprint density at radius 2 is 1.95 bits per heavy atom. The lowest BCUT2D eigenvalue weighted by atomic mass is 10.2. The van der Waals surface area contributed by atoms with E-state index >= 15 is 0 Å². The summed E-state index contributed by atoms with van der Waals surface area (Å²) in [6.07, 6.45) is 3.90. The Balaban J connectivity index is 1.96. The average molecular weight is 318 g/mol. The van der Waals surface area contributed by atoms with Gasteiger partial charge in [-0.1, -0.05) is 6.07 Å². The van der Waals surface area contributed by atoms with Crippen molar-refractivity contribution in [1.82, 2.24) is 4.31 Å². The molecule has 1 aromatic carbocycles. The first-order chi connectivity index (χ1) is 9.52. The van der Waals surface area contributed by atoms with Gasteiger partial charge in [0.15, 0.2) is 0 Å². The van der Waals surface area contributed by atoms with E-state index in [4.69, 9.17) is 11.6 Å². The van der Waals surface area contributed by atoms with Gasteiger partial charge in [0.05, 0.1) is 0 Å². The van der Waals surface area contributed by atoms with Gasteiger partial charge >= 0.3 is 0 Å². The molecule has 2 saturated carbocycles. The number of halogens is 2. The van der Waals surface area contributed by atoms with E-state index in [0.29, 0.717) is 18.0 Å². The maximum absolute atomic E-state index is 13.9. The van der Waals surface area contributed by atoms with E-state index < -0.39 is 15.8 Å². The van der Waals surface area contributed by atoms with Gasteiger partial charge in [0.2, 0.25) is 10.0 Å². The summed E-state index contributed by atoms with van der Waals surface area (Å²) in [5, 5.41) is 0. The molecule has 0 aliphatic heterocycles. The molecule has 0 heterocycles. The second-order valence-corrected chi connectivity index (χ2v) is 7.77. The van der Waals surface area contributed by atoms with Crippen molar-refractivity contribution in [2.75, 3.05) is 6.54 Å². The fourth-order valence-corrected chi connectivity index (χ4v) is 4.36. The Labute approximate surface area is 123 Å². The molecule has 0 saturated heterocycles. The summed E-state index contributed by atoms with van der Waals surface area (Å²) in [7, 11) is -3.76. The van der Waals surface area contributed by atoms with Gasteiger partial charge in [0.1, 0.15) is 10.7 Å². The van der Waals surface area contributed by atoms with Crippen LogP contribution in [0.4, 0.5) is 4.39 Å². The van der Waals surface area contributed by atoms with Crippen LogP contribution in [0.25, 0.3) is 0 Å². The maximum atomic E-state index is 13.9. The molecule has 20 heavy (non-hydrogen) atoms. The zero-order valence-corrected chi connectivity index (χ0v) is 12.6. The molecule has 6 heteroatoms. The molecule has 110 valence electrons. The lowest BCUT2D eigenvalue weighted by Crippen LogP contribution is -2.35. The highest BCUT2D eigenvalue weighted by Crippen LogP contribution is 2.38. The standard InChI is InChI=1S/C14H17ClFNO2S/c15-8-11-3-6-13(16)14(7-11)20(18,19)17(12-4-5-12)9-10-1-2-10/h3,6-7,10,12H,1-2,4-5,8-9H2. The summed E-state index contributed by atoms with van der Waals surface area (Å²) in [6, 6.07) is 4.12. The summed E-state index contributed by atoms with van der Waals surface area (Å²) < 4.78 is 40.9. The van der Waals surface area contributed by atoms with Crippen molar-refractivity contribution in [3.05, 3.63) is 29.6 Å². The van der Waals surface area contributed by atoms with Gasteiger partial charge in [-0.2, -0.15) is 4.31 Å². The molecule has 0 unspecified atom stereocenters. The van der Waals surface area contributed by atoms with Crippen LogP contribution in [0.15, 0.2) is 23.1 Å². The van der Waals surface area contributed by atoms with Crippen molar-refractivity contribution in [2.24, 2.45) is 5.92 Å². The number of hydrogen-bond donors (Lipinski definition) is 0. The minimum Gasteiger partial charge on any atom is -0.207 e. The smallest absolute Gasteiger partial charge is 0.207 e. The number of rotatable bonds is 6. The highest BCUT2D eigenvalue weighted by molar-refractivity contribution is 7.89. The lowest BCUT2D eigenvalue weighted by molar-refractivity contribution is 0.386. The number of hydrogen-bond acceptors (Lipinski definition) is 2. The zero-order valence-electron chi connectivity index (χ0n) is 11.1. The van der Waals surface area contributed by atoms with Crippen LogP contribution in [0.5, 0.6) is 0 Å². The lowest BCUT2D eigenvalue weighted by Gasteiger charge is -2.22. The SMILES string of the molecule is O=S(=O)(c1cc(CCl)ccc1F)N(CC1CC1)C1CC1. The molecule has 2 aliphatic rings. The van der Waals surface area contributed by atoms with Crippen LogP contribution >= 0.6 is 11.6 Å². The van der Waals surface area contributed by atoms with Crippen molar-refractivity contribution in [3.63, 3.8) is 0 Å². The zero-order chi connectivity index (χ0) is 14.3. The van der Waals surface area contributed by atoms with Crippen LogP contribution in [0, 0.1) is 11.7 Å².